The Labute approximate surface area is 239 Å². The van der Waals surface area contributed by atoms with Crippen molar-refractivity contribution in [3.05, 3.63) is 78.5 Å². The lowest BCUT2D eigenvalue weighted by atomic mass is 9.92. The predicted molar refractivity (Wildman–Crippen MR) is 158 cm³/mol. The molecular weight excluding hydrogens is 550 g/mol. The lowest BCUT2D eigenvalue weighted by Crippen LogP contribution is -2.40. The first-order valence-electron chi connectivity index (χ1n) is 13.6. The van der Waals surface area contributed by atoms with Crippen molar-refractivity contribution in [2.45, 2.75) is 51.2 Å². The number of hydrogen-bond donors (Lipinski definition) is 2. The summed E-state index contributed by atoms with van der Waals surface area (Å²) in [7, 11) is 0. The quantitative estimate of drug-likeness (QED) is 0.354. The van der Waals surface area contributed by atoms with Crippen LogP contribution in [-0.2, 0) is 30.7 Å². The summed E-state index contributed by atoms with van der Waals surface area (Å²) < 4.78 is 4.16. The summed E-state index contributed by atoms with van der Waals surface area (Å²) in [6, 6.07) is 10.4. The van der Waals surface area contributed by atoms with Crippen LogP contribution in [0.3, 0.4) is 0 Å². The molecule has 6 heterocycles. The number of nitrogens with zero attached hydrogens (tertiary/aromatic N) is 4. The smallest absolute Gasteiger partial charge is 0.331 e. The number of halogens is 1. The van der Waals surface area contributed by atoms with Crippen molar-refractivity contribution in [2.75, 3.05) is 24.5 Å². The Morgan fingerprint density at radius 3 is 2.75 bits per heavy atom. The molecule has 3 aliphatic heterocycles. The minimum Gasteiger partial charge on any atom is -0.483 e. The molecule has 9 nitrogen and oxygen atoms in total. The van der Waals surface area contributed by atoms with E-state index in [1.54, 1.807) is 22.0 Å². The maximum Gasteiger partial charge on any atom is 0.331 e. The summed E-state index contributed by atoms with van der Waals surface area (Å²) >= 11 is 8.28. The first-order chi connectivity index (χ1) is 19.5. The van der Waals surface area contributed by atoms with E-state index in [0.29, 0.717) is 12.6 Å². The van der Waals surface area contributed by atoms with E-state index in [1.165, 1.54) is 15.8 Å². The molecule has 1 saturated heterocycles. The number of nitrogens with one attached hydrogen (secondary N) is 1. The van der Waals surface area contributed by atoms with Crippen molar-refractivity contribution in [3.8, 4) is 11.1 Å². The monoisotopic (exact) mass is 579 g/mol. The normalized spacial score (nSPS) is 17.8. The Kier molecular flexibility index (Phi) is 7.48. The van der Waals surface area contributed by atoms with Crippen molar-refractivity contribution in [1.29, 1.82) is 0 Å². The number of anilines is 1. The van der Waals surface area contributed by atoms with Crippen molar-refractivity contribution in [1.82, 2.24) is 19.4 Å². The summed E-state index contributed by atoms with van der Waals surface area (Å²) in [5.41, 5.74) is 6.13. The molecule has 0 bridgehead atoms. The van der Waals surface area contributed by atoms with Crippen LogP contribution < -0.4 is 21.5 Å². The van der Waals surface area contributed by atoms with Crippen LogP contribution >= 0.6 is 22.9 Å². The van der Waals surface area contributed by atoms with E-state index < -0.39 is 0 Å². The molecule has 4 aromatic rings. The number of pyridine rings is 1. The van der Waals surface area contributed by atoms with Gasteiger partial charge in [0.2, 0.25) is 0 Å². The molecule has 2 N–H and O–H groups in total. The average Bonchev–Trinajstić information content (AvgIpc) is 3.71. The van der Waals surface area contributed by atoms with Crippen molar-refractivity contribution in [2.24, 2.45) is 0 Å². The highest BCUT2D eigenvalue weighted by Crippen LogP contribution is 2.44. The Morgan fingerprint density at radius 1 is 1.12 bits per heavy atom. The lowest BCUT2D eigenvalue weighted by molar-refractivity contribution is -0.122. The van der Waals surface area contributed by atoms with Crippen LogP contribution in [0.2, 0.25) is 5.02 Å². The van der Waals surface area contributed by atoms with E-state index in [-0.39, 0.29) is 24.3 Å². The van der Waals surface area contributed by atoms with E-state index in [0.717, 1.165) is 88.7 Å². The number of benzene rings is 1. The standard InChI is InChI=1S/C28H28ClN5O2S.CH2O2/c29-18-11-17-3-1-9-32(20-5-7-30-15-20)26(17)23(12-18)22-6-8-31-24-14-21(37-27(22)24)16-34-25(35)13-19-4-2-10-33(19)28(34)36;2-1-3/h6,8,11-14,20,30H,1-5,7,9-10,15-16H2;1H,(H,2,3)/t20-;/m0./s1. The molecule has 208 valence electrons. The molecule has 3 aromatic heterocycles. The lowest BCUT2D eigenvalue weighted by Gasteiger charge is -2.38. The van der Waals surface area contributed by atoms with Gasteiger partial charge in [0.05, 0.1) is 16.8 Å². The van der Waals surface area contributed by atoms with Gasteiger partial charge in [0, 0.05) is 70.3 Å². The third kappa shape index (κ3) is 4.84. The molecule has 0 aliphatic carbocycles. The summed E-state index contributed by atoms with van der Waals surface area (Å²) in [5.74, 6) is 0. The van der Waals surface area contributed by atoms with Crippen molar-refractivity contribution >= 4 is 45.3 Å². The van der Waals surface area contributed by atoms with Gasteiger partial charge in [0.15, 0.2) is 0 Å². The molecule has 0 amide bonds. The van der Waals surface area contributed by atoms with Gasteiger partial charge >= 0.3 is 5.69 Å². The van der Waals surface area contributed by atoms with Gasteiger partial charge in [-0.05, 0) is 68.5 Å². The van der Waals surface area contributed by atoms with E-state index in [2.05, 4.69) is 33.4 Å². The second-order valence-electron chi connectivity index (χ2n) is 10.4. The van der Waals surface area contributed by atoms with E-state index in [4.69, 9.17) is 21.5 Å². The minimum atomic E-state index is -0.250. The highest BCUT2D eigenvalue weighted by Gasteiger charge is 2.30. The number of fused-ring (bicyclic) bond motifs is 3. The third-order valence-electron chi connectivity index (χ3n) is 8.01. The van der Waals surface area contributed by atoms with Gasteiger partial charge in [-0.25, -0.2) is 4.79 Å². The van der Waals surface area contributed by atoms with Crippen LogP contribution in [0.1, 0.15) is 35.4 Å². The summed E-state index contributed by atoms with van der Waals surface area (Å²) in [6.07, 6.45) is 6.84. The van der Waals surface area contributed by atoms with Crippen LogP contribution in [-0.4, -0.2) is 51.4 Å². The zero-order valence-corrected chi connectivity index (χ0v) is 23.5. The maximum atomic E-state index is 13.0. The second kappa shape index (κ2) is 11.2. The van der Waals surface area contributed by atoms with Gasteiger partial charge in [-0.3, -0.25) is 23.7 Å². The molecule has 0 unspecified atom stereocenters. The molecule has 11 heteroatoms. The van der Waals surface area contributed by atoms with Gasteiger partial charge in [-0.1, -0.05) is 11.6 Å². The number of rotatable bonds is 4. The molecule has 1 fully saturated rings. The maximum absolute atomic E-state index is 13.0. The summed E-state index contributed by atoms with van der Waals surface area (Å²) in [5, 5.41) is 11.2. The van der Waals surface area contributed by atoms with Crippen molar-refractivity contribution < 1.29 is 9.90 Å². The van der Waals surface area contributed by atoms with E-state index >= 15 is 0 Å². The summed E-state index contributed by atoms with van der Waals surface area (Å²) in [4.78, 5) is 42.4. The number of aryl methyl sites for hydroxylation is 2. The number of aromatic nitrogens is 3. The fraction of sp³-hybridized carbons (Fsp3) is 0.379. The first-order valence-corrected chi connectivity index (χ1v) is 14.8. The highest BCUT2D eigenvalue weighted by atomic mass is 35.5. The Bertz CT molecular complexity index is 1710. The Balaban J connectivity index is 0.000000925. The zero-order valence-electron chi connectivity index (χ0n) is 21.9. The minimum absolute atomic E-state index is 0.213. The SMILES string of the molecule is O=CO.O=c1cc2n(c(=O)n1Cc1cc3nccc(-c4cc(Cl)cc5c4N([C@H]4CCNC4)CCC5)c3s1)CCC2. The van der Waals surface area contributed by atoms with Crippen LogP contribution in [0.4, 0.5) is 5.69 Å². The first kappa shape index (κ1) is 26.7. The van der Waals surface area contributed by atoms with Gasteiger partial charge in [-0.15, -0.1) is 11.3 Å². The molecule has 0 saturated carbocycles. The molecule has 0 radical (unpaired) electrons. The third-order valence-corrected chi connectivity index (χ3v) is 9.37. The van der Waals surface area contributed by atoms with E-state index in [1.807, 2.05) is 12.3 Å². The number of carbonyl (C=O) groups is 1. The molecule has 40 heavy (non-hydrogen) atoms. The summed E-state index contributed by atoms with van der Waals surface area (Å²) in [6.45, 7) is 3.78. The van der Waals surface area contributed by atoms with Crippen LogP contribution in [0.25, 0.3) is 21.3 Å². The van der Waals surface area contributed by atoms with Gasteiger partial charge in [0.1, 0.15) is 0 Å². The number of hydrogen-bond acceptors (Lipinski definition) is 7. The fourth-order valence-corrected chi connectivity index (χ4v) is 7.69. The number of carboxylic acid groups (broad SMARTS) is 1. The Hall–Kier alpha value is -3.47. The van der Waals surface area contributed by atoms with Crippen LogP contribution in [0.15, 0.2) is 46.1 Å². The average molecular weight is 580 g/mol. The van der Waals surface area contributed by atoms with Gasteiger partial charge in [0.25, 0.3) is 12.0 Å². The van der Waals surface area contributed by atoms with E-state index in [9.17, 15) is 9.59 Å². The Morgan fingerprint density at radius 2 is 1.95 bits per heavy atom. The fourth-order valence-electron chi connectivity index (χ4n) is 6.32. The molecule has 1 aromatic carbocycles. The zero-order chi connectivity index (χ0) is 27.8. The second-order valence-corrected chi connectivity index (χ2v) is 12.0. The largest absolute Gasteiger partial charge is 0.483 e. The topological polar surface area (TPSA) is 109 Å². The predicted octanol–water partition coefficient (Wildman–Crippen LogP) is 3.75. The van der Waals surface area contributed by atoms with Gasteiger partial charge in [-0.2, -0.15) is 0 Å². The molecule has 1 atom stereocenters. The van der Waals surface area contributed by atoms with Crippen LogP contribution in [0.5, 0.6) is 0 Å². The van der Waals surface area contributed by atoms with Gasteiger partial charge < -0.3 is 15.3 Å². The molecule has 0 spiro atoms. The number of thiophene rings is 1. The van der Waals surface area contributed by atoms with Crippen LogP contribution in [0, 0.1) is 0 Å². The molecule has 7 rings (SSSR count). The molecular formula is C29H30ClN5O4S. The molecule has 3 aliphatic rings. The highest BCUT2D eigenvalue weighted by molar-refractivity contribution is 7.19. The van der Waals surface area contributed by atoms with Crippen molar-refractivity contribution in [3.63, 3.8) is 0 Å².